The van der Waals surface area contributed by atoms with E-state index in [0.29, 0.717) is 0 Å². The zero-order valence-electron chi connectivity index (χ0n) is 11.3. The van der Waals surface area contributed by atoms with Crippen molar-refractivity contribution >= 4 is 27.5 Å². The van der Waals surface area contributed by atoms with Gasteiger partial charge in [0.25, 0.3) is 0 Å². The zero-order chi connectivity index (χ0) is 13.5. The Labute approximate surface area is 128 Å². The molecule has 1 aromatic rings. The van der Waals surface area contributed by atoms with Crippen LogP contribution in [0.15, 0.2) is 16.6 Å². The summed E-state index contributed by atoms with van der Waals surface area (Å²) in [6.45, 7) is 3.13. The van der Waals surface area contributed by atoms with Crippen LogP contribution in [-0.2, 0) is 6.42 Å². The third-order valence-electron chi connectivity index (χ3n) is 4.66. The second-order valence-electron chi connectivity index (χ2n) is 6.16. The van der Waals surface area contributed by atoms with E-state index in [2.05, 4.69) is 35.0 Å². The molecular formula is C16H20BrClO. The summed E-state index contributed by atoms with van der Waals surface area (Å²) in [6.07, 6.45) is 7.41. The van der Waals surface area contributed by atoms with E-state index >= 15 is 0 Å². The molecule has 1 saturated carbocycles. The minimum atomic E-state index is 0.0529. The molecule has 3 rings (SSSR count). The summed E-state index contributed by atoms with van der Waals surface area (Å²) in [6, 6.07) is 4.32. The summed E-state index contributed by atoms with van der Waals surface area (Å²) in [4.78, 5) is 0. The molecule has 0 saturated heterocycles. The van der Waals surface area contributed by atoms with Crippen molar-refractivity contribution in [2.75, 3.05) is 6.61 Å². The first kappa shape index (κ1) is 13.8. The third-order valence-corrected chi connectivity index (χ3v) is 5.88. The van der Waals surface area contributed by atoms with Crippen LogP contribution in [0.1, 0.15) is 55.5 Å². The van der Waals surface area contributed by atoms with Gasteiger partial charge < -0.3 is 4.74 Å². The molecule has 0 aromatic heterocycles. The van der Waals surface area contributed by atoms with Gasteiger partial charge in [-0.05, 0) is 36.0 Å². The van der Waals surface area contributed by atoms with Gasteiger partial charge in [0.05, 0.1) is 12.0 Å². The van der Waals surface area contributed by atoms with E-state index in [-0.39, 0.29) is 10.8 Å². The lowest BCUT2D eigenvalue weighted by atomic mass is 9.71. The number of hydrogen-bond donors (Lipinski definition) is 0. The largest absolute Gasteiger partial charge is 0.493 e. The Bertz CT molecular complexity index is 480. The van der Waals surface area contributed by atoms with Gasteiger partial charge in [-0.2, -0.15) is 0 Å². The predicted molar refractivity (Wildman–Crippen MR) is 83.1 cm³/mol. The maximum Gasteiger partial charge on any atom is 0.127 e. The van der Waals surface area contributed by atoms with Gasteiger partial charge in [-0.15, -0.1) is 11.6 Å². The molecule has 1 aliphatic carbocycles. The average Bonchev–Trinajstić information content (AvgIpc) is 2.85. The van der Waals surface area contributed by atoms with E-state index in [0.717, 1.165) is 23.2 Å². The quantitative estimate of drug-likeness (QED) is 0.632. The molecule has 0 spiro atoms. The van der Waals surface area contributed by atoms with Gasteiger partial charge in [-0.25, -0.2) is 0 Å². The Balaban J connectivity index is 1.97. The molecular weight excluding hydrogens is 324 g/mol. The van der Waals surface area contributed by atoms with Crippen LogP contribution in [0.3, 0.4) is 0 Å². The number of halogens is 2. The van der Waals surface area contributed by atoms with Crippen molar-refractivity contribution in [3.63, 3.8) is 0 Å². The van der Waals surface area contributed by atoms with Crippen LogP contribution in [0.25, 0.3) is 0 Å². The highest BCUT2D eigenvalue weighted by Crippen LogP contribution is 2.52. The van der Waals surface area contributed by atoms with Gasteiger partial charge in [0.2, 0.25) is 0 Å². The van der Waals surface area contributed by atoms with Crippen LogP contribution >= 0.6 is 27.5 Å². The monoisotopic (exact) mass is 342 g/mol. The lowest BCUT2D eigenvalue weighted by Gasteiger charge is -2.38. The second-order valence-corrected chi connectivity index (χ2v) is 7.51. The number of fused-ring (bicyclic) bond motifs is 1. The first-order chi connectivity index (χ1) is 9.10. The highest BCUT2D eigenvalue weighted by molar-refractivity contribution is 9.10. The maximum atomic E-state index is 6.88. The van der Waals surface area contributed by atoms with Gasteiger partial charge in [-0.1, -0.05) is 42.1 Å². The standard InChI is InChI=1S/C16H20BrClO/c1-16(6-3-2-4-7-16)15(18)13-10-12(17)9-11-5-8-19-14(11)13/h9-10,15H,2-8H2,1H3. The summed E-state index contributed by atoms with van der Waals surface area (Å²) in [7, 11) is 0. The lowest BCUT2D eigenvalue weighted by molar-refractivity contribution is 0.204. The van der Waals surface area contributed by atoms with E-state index in [1.165, 1.54) is 43.2 Å². The van der Waals surface area contributed by atoms with E-state index in [1.807, 2.05) is 0 Å². The van der Waals surface area contributed by atoms with Gasteiger partial charge in [0, 0.05) is 16.5 Å². The van der Waals surface area contributed by atoms with Crippen LogP contribution in [0.4, 0.5) is 0 Å². The number of ether oxygens (including phenoxy) is 1. The maximum absolute atomic E-state index is 6.88. The normalized spacial score (nSPS) is 22.7. The van der Waals surface area contributed by atoms with Crippen molar-refractivity contribution in [1.82, 2.24) is 0 Å². The van der Waals surface area contributed by atoms with Crippen LogP contribution in [0.2, 0.25) is 0 Å². The number of hydrogen-bond acceptors (Lipinski definition) is 1. The highest BCUT2D eigenvalue weighted by atomic mass is 79.9. The van der Waals surface area contributed by atoms with Crippen molar-refractivity contribution < 1.29 is 4.74 Å². The van der Waals surface area contributed by atoms with Crippen molar-refractivity contribution in [2.45, 2.75) is 50.8 Å². The molecule has 1 aromatic carbocycles. The highest BCUT2D eigenvalue weighted by Gasteiger charge is 2.37. The van der Waals surface area contributed by atoms with Crippen LogP contribution in [-0.4, -0.2) is 6.61 Å². The van der Waals surface area contributed by atoms with Crippen LogP contribution < -0.4 is 4.74 Å². The topological polar surface area (TPSA) is 9.23 Å². The van der Waals surface area contributed by atoms with Crippen molar-refractivity contribution in [1.29, 1.82) is 0 Å². The Hall–Kier alpha value is -0.210. The molecule has 0 radical (unpaired) electrons. The zero-order valence-corrected chi connectivity index (χ0v) is 13.7. The summed E-state index contributed by atoms with van der Waals surface area (Å²) < 4.78 is 6.96. The summed E-state index contributed by atoms with van der Waals surface area (Å²) >= 11 is 10.5. The summed E-state index contributed by atoms with van der Waals surface area (Å²) in [5.74, 6) is 1.05. The minimum absolute atomic E-state index is 0.0529. The third kappa shape index (κ3) is 2.54. The molecule has 1 atom stereocenters. The number of alkyl halides is 1. The fraction of sp³-hybridized carbons (Fsp3) is 0.625. The van der Waals surface area contributed by atoms with E-state index in [9.17, 15) is 0 Å². The summed E-state index contributed by atoms with van der Waals surface area (Å²) in [5.41, 5.74) is 2.70. The molecule has 0 amide bonds. The molecule has 2 aliphatic rings. The molecule has 1 nitrogen and oxygen atoms in total. The van der Waals surface area contributed by atoms with Gasteiger partial charge in [0.15, 0.2) is 0 Å². The van der Waals surface area contributed by atoms with E-state index < -0.39 is 0 Å². The minimum Gasteiger partial charge on any atom is -0.493 e. The molecule has 1 heterocycles. The first-order valence-electron chi connectivity index (χ1n) is 7.19. The fourth-order valence-corrected chi connectivity index (χ4v) is 4.38. The predicted octanol–water partition coefficient (Wildman–Crippen LogP) is 5.63. The Morgan fingerprint density at radius 1 is 1.26 bits per heavy atom. The smallest absolute Gasteiger partial charge is 0.127 e. The Morgan fingerprint density at radius 3 is 2.74 bits per heavy atom. The number of benzene rings is 1. The number of rotatable bonds is 2. The van der Waals surface area contributed by atoms with Crippen molar-refractivity contribution in [3.05, 3.63) is 27.7 Å². The SMILES string of the molecule is CC1(C(Cl)c2cc(Br)cc3c2OCC3)CCCCC1. The second kappa shape index (κ2) is 5.29. The van der Waals surface area contributed by atoms with Crippen LogP contribution in [0, 0.1) is 5.41 Å². The lowest BCUT2D eigenvalue weighted by Crippen LogP contribution is -2.25. The average molecular weight is 344 g/mol. The molecule has 1 unspecified atom stereocenters. The molecule has 0 N–H and O–H groups in total. The molecule has 3 heteroatoms. The van der Waals surface area contributed by atoms with Gasteiger partial charge in [-0.3, -0.25) is 0 Å². The van der Waals surface area contributed by atoms with Crippen molar-refractivity contribution in [3.8, 4) is 5.75 Å². The van der Waals surface area contributed by atoms with Gasteiger partial charge >= 0.3 is 0 Å². The van der Waals surface area contributed by atoms with Gasteiger partial charge in [0.1, 0.15) is 5.75 Å². The molecule has 19 heavy (non-hydrogen) atoms. The fourth-order valence-electron chi connectivity index (χ4n) is 3.47. The molecule has 1 aliphatic heterocycles. The molecule has 0 bridgehead atoms. The molecule has 104 valence electrons. The van der Waals surface area contributed by atoms with E-state index in [4.69, 9.17) is 16.3 Å². The van der Waals surface area contributed by atoms with Crippen LogP contribution in [0.5, 0.6) is 5.75 Å². The Morgan fingerprint density at radius 2 is 2.00 bits per heavy atom. The van der Waals surface area contributed by atoms with Crippen molar-refractivity contribution in [2.24, 2.45) is 5.41 Å². The summed E-state index contributed by atoms with van der Waals surface area (Å²) in [5, 5.41) is 0.0529. The molecule has 1 fully saturated rings. The first-order valence-corrected chi connectivity index (χ1v) is 8.42. The van der Waals surface area contributed by atoms with E-state index in [1.54, 1.807) is 0 Å². The Kier molecular flexibility index (Phi) is 3.83.